The van der Waals surface area contributed by atoms with Gasteiger partial charge in [0.15, 0.2) is 5.96 Å². The fraction of sp³-hybridized carbons (Fsp3) is 0.682. The Hall–Kier alpha value is -1.84. The maximum absolute atomic E-state index is 13.0. The van der Waals surface area contributed by atoms with Gasteiger partial charge in [0.2, 0.25) is 0 Å². The molecule has 6 nitrogen and oxygen atoms in total. The number of nitrogens with zero attached hydrogens (tertiary/aromatic N) is 4. The molecule has 174 valence electrons. The predicted octanol–water partition coefficient (Wildman–Crippen LogP) is 2.68. The van der Waals surface area contributed by atoms with Crippen LogP contribution in [0.15, 0.2) is 29.3 Å². The molecule has 1 N–H and O–H groups in total. The Bertz CT molecular complexity index is 719. The maximum Gasteiger partial charge on any atom is 0.416 e. The second-order valence-electron chi connectivity index (χ2n) is 8.25. The highest BCUT2D eigenvalue weighted by Gasteiger charge is 2.32. The molecule has 2 saturated heterocycles. The van der Waals surface area contributed by atoms with Crippen LogP contribution in [-0.4, -0.2) is 93.7 Å². The molecule has 0 aliphatic carbocycles. The van der Waals surface area contributed by atoms with E-state index in [-0.39, 0.29) is 0 Å². The lowest BCUT2D eigenvalue weighted by molar-refractivity contribution is -0.137. The van der Waals surface area contributed by atoms with Gasteiger partial charge in [-0.3, -0.25) is 4.99 Å². The number of piperazine rings is 1. The first-order chi connectivity index (χ1) is 14.9. The van der Waals surface area contributed by atoms with Crippen molar-refractivity contribution in [2.75, 3.05) is 73.1 Å². The summed E-state index contributed by atoms with van der Waals surface area (Å²) in [5, 5.41) is 3.41. The normalized spacial score (nSPS) is 22.0. The van der Waals surface area contributed by atoms with E-state index in [1.165, 1.54) is 12.1 Å². The molecule has 9 heteroatoms. The number of alkyl halides is 3. The summed E-state index contributed by atoms with van der Waals surface area (Å²) in [5.41, 5.74) is -0.101. The van der Waals surface area contributed by atoms with E-state index in [0.717, 1.165) is 64.1 Å². The summed E-state index contributed by atoms with van der Waals surface area (Å²) in [6, 6.07) is 5.40. The molecule has 0 amide bonds. The summed E-state index contributed by atoms with van der Waals surface area (Å²) >= 11 is 0. The number of hydrogen-bond acceptors (Lipinski definition) is 4. The molecule has 1 atom stereocenters. The van der Waals surface area contributed by atoms with Crippen LogP contribution in [0.4, 0.5) is 13.2 Å². The molecule has 2 heterocycles. The van der Waals surface area contributed by atoms with E-state index in [1.807, 2.05) is 0 Å². The molecule has 0 bridgehead atoms. The lowest BCUT2D eigenvalue weighted by Crippen LogP contribution is -2.48. The Balaban J connectivity index is 1.45. The molecule has 0 saturated carbocycles. The average molecular weight is 442 g/mol. The van der Waals surface area contributed by atoms with E-state index in [0.29, 0.717) is 25.3 Å². The maximum atomic E-state index is 13.0. The van der Waals surface area contributed by atoms with Gasteiger partial charge in [-0.2, -0.15) is 13.2 Å². The number of hydrogen-bond donors (Lipinski definition) is 1. The van der Waals surface area contributed by atoms with Crippen molar-refractivity contribution in [1.29, 1.82) is 0 Å². The van der Waals surface area contributed by atoms with Gasteiger partial charge in [0.25, 0.3) is 0 Å². The average Bonchev–Trinajstić information content (AvgIpc) is 2.77. The van der Waals surface area contributed by atoms with Gasteiger partial charge in [0.1, 0.15) is 6.10 Å². The van der Waals surface area contributed by atoms with Crippen LogP contribution in [0.5, 0.6) is 0 Å². The zero-order chi connectivity index (χ0) is 22.3. The van der Waals surface area contributed by atoms with Crippen molar-refractivity contribution in [3.05, 3.63) is 35.4 Å². The summed E-state index contributed by atoms with van der Waals surface area (Å²) in [4.78, 5) is 11.3. The Kier molecular flexibility index (Phi) is 8.57. The smallest absolute Gasteiger partial charge is 0.370 e. The standard InChI is InChI=1S/C22H34F3N5O/c1-26-21(27-8-3-4-9-29-12-10-28(2)11-13-29)30-14-15-31-20(17-30)18-6-5-7-19(16-18)22(23,24)25/h5-7,16,20H,3-4,8-15,17H2,1-2H3,(H,26,27). The fourth-order valence-electron chi connectivity index (χ4n) is 4.02. The molecule has 3 rings (SSSR count). The molecular weight excluding hydrogens is 407 g/mol. The number of guanidine groups is 1. The predicted molar refractivity (Wildman–Crippen MR) is 116 cm³/mol. The van der Waals surface area contributed by atoms with Gasteiger partial charge < -0.3 is 24.8 Å². The number of unbranched alkanes of at least 4 members (excludes halogenated alkanes) is 1. The monoisotopic (exact) mass is 441 g/mol. The lowest BCUT2D eigenvalue weighted by atomic mass is 10.0. The van der Waals surface area contributed by atoms with Crippen LogP contribution in [0.3, 0.4) is 0 Å². The first-order valence-corrected chi connectivity index (χ1v) is 11.0. The van der Waals surface area contributed by atoms with Gasteiger partial charge in [0, 0.05) is 46.3 Å². The SMILES string of the molecule is CN=C(NCCCCN1CCN(C)CC1)N1CCOC(c2cccc(C(F)(F)F)c2)C1. The first-order valence-electron chi connectivity index (χ1n) is 11.0. The van der Waals surface area contributed by atoms with Crippen molar-refractivity contribution in [3.63, 3.8) is 0 Å². The molecule has 2 aliphatic heterocycles. The number of benzene rings is 1. The topological polar surface area (TPSA) is 43.3 Å². The Labute approximate surface area is 183 Å². The number of likely N-dealkylation sites (N-methyl/N-ethyl adjacent to an activating group) is 1. The summed E-state index contributed by atoms with van der Waals surface area (Å²) in [5.74, 6) is 0.778. The number of nitrogens with one attached hydrogen (secondary N) is 1. The summed E-state index contributed by atoms with van der Waals surface area (Å²) in [6.07, 6.45) is -2.59. The number of aliphatic imine (C=N–C) groups is 1. The molecule has 0 aromatic heterocycles. The van der Waals surface area contributed by atoms with Gasteiger partial charge in [-0.15, -0.1) is 0 Å². The number of ether oxygens (including phenoxy) is 1. The molecule has 31 heavy (non-hydrogen) atoms. The van der Waals surface area contributed by atoms with Crippen LogP contribution in [0.25, 0.3) is 0 Å². The fourth-order valence-corrected chi connectivity index (χ4v) is 4.02. The third kappa shape index (κ3) is 7.08. The first kappa shape index (κ1) is 23.8. The minimum absolute atomic E-state index is 0.410. The van der Waals surface area contributed by atoms with Crippen LogP contribution in [-0.2, 0) is 10.9 Å². The van der Waals surface area contributed by atoms with Crippen molar-refractivity contribution >= 4 is 5.96 Å². The van der Waals surface area contributed by atoms with Crippen LogP contribution < -0.4 is 5.32 Å². The van der Waals surface area contributed by atoms with Crippen molar-refractivity contribution in [1.82, 2.24) is 20.0 Å². The molecular formula is C22H34F3N5O. The highest BCUT2D eigenvalue weighted by Crippen LogP contribution is 2.32. The molecule has 2 aliphatic rings. The molecule has 1 unspecified atom stereocenters. The zero-order valence-corrected chi connectivity index (χ0v) is 18.5. The van der Waals surface area contributed by atoms with E-state index in [4.69, 9.17) is 4.74 Å². The summed E-state index contributed by atoms with van der Waals surface area (Å²) < 4.78 is 44.9. The van der Waals surface area contributed by atoms with E-state index in [1.54, 1.807) is 13.1 Å². The third-order valence-corrected chi connectivity index (χ3v) is 5.94. The van der Waals surface area contributed by atoms with Crippen LogP contribution >= 0.6 is 0 Å². The van der Waals surface area contributed by atoms with Gasteiger partial charge >= 0.3 is 6.18 Å². The minimum atomic E-state index is -4.36. The second kappa shape index (κ2) is 11.2. The quantitative estimate of drug-likeness (QED) is 0.418. The molecule has 1 aromatic rings. The Morgan fingerprint density at radius 2 is 1.94 bits per heavy atom. The molecule has 1 aromatic carbocycles. The van der Waals surface area contributed by atoms with Crippen molar-refractivity contribution in [2.24, 2.45) is 4.99 Å². The van der Waals surface area contributed by atoms with Crippen LogP contribution in [0.2, 0.25) is 0 Å². The highest BCUT2D eigenvalue weighted by atomic mass is 19.4. The van der Waals surface area contributed by atoms with Gasteiger partial charge in [0.05, 0.1) is 18.7 Å². The molecule has 0 spiro atoms. The number of morpholine rings is 1. The van der Waals surface area contributed by atoms with Gasteiger partial charge in [-0.25, -0.2) is 0 Å². The van der Waals surface area contributed by atoms with E-state index in [9.17, 15) is 13.2 Å². The lowest BCUT2D eigenvalue weighted by Gasteiger charge is -2.35. The Morgan fingerprint density at radius 3 is 2.65 bits per heavy atom. The Morgan fingerprint density at radius 1 is 1.16 bits per heavy atom. The summed E-state index contributed by atoms with van der Waals surface area (Å²) in [7, 11) is 3.90. The van der Waals surface area contributed by atoms with Gasteiger partial charge in [-0.1, -0.05) is 12.1 Å². The second-order valence-corrected chi connectivity index (χ2v) is 8.25. The largest absolute Gasteiger partial charge is 0.416 e. The highest BCUT2D eigenvalue weighted by molar-refractivity contribution is 5.80. The third-order valence-electron chi connectivity index (χ3n) is 5.94. The van der Waals surface area contributed by atoms with Crippen molar-refractivity contribution < 1.29 is 17.9 Å². The van der Waals surface area contributed by atoms with E-state index < -0.39 is 17.8 Å². The number of rotatable bonds is 6. The van der Waals surface area contributed by atoms with Gasteiger partial charge in [-0.05, 0) is 44.1 Å². The molecule has 2 fully saturated rings. The van der Waals surface area contributed by atoms with Crippen LogP contribution in [0, 0.1) is 0 Å². The minimum Gasteiger partial charge on any atom is -0.370 e. The van der Waals surface area contributed by atoms with E-state index >= 15 is 0 Å². The summed E-state index contributed by atoms with van der Waals surface area (Å²) in [6.45, 7) is 8.07. The number of halogens is 3. The molecule has 0 radical (unpaired) electrons. The van der Waals surface area contributed by atoms with Crippen molar-refractivity contribution in [3.8, 4) is 0 Å². The van der Waals surface area contributed by atoms with Crippen molar-refractivity contribution in [2.45, 2.75) is 25.1 Å². The zero-order valence-electron chi connectivity index (χ0n) is 18.5. The van der Waals surface area contributed by atoms with Crippen LogP contribution in [0.1, 0.15) is 30.1 Å². The van der Waals surface area contributed by atoms with E-state index in [2.05, 4.69) is 32.1 Å².